The number of para-hydroxylation sites is 1. The molecule has 0 saturated carbocycles. The largest absolute Gasteiger partial charge is 0.463 e. The summed E-state index contributed by atoms with van der Waals surface area (Å²) >= 11 is 0. The number of aromatic nitrogens is 3. The van der Waals surface area contributed by atoms with Crippen LogP contribution in [-0.2, 0) is 9.84 Å². The lowest BCUT2D eigenvalue weighted by atomic mass is 9.83. The molecule has 1 N–H and O–H groups in total. The minimum Gasteiger partial charge on any atom is -0.463 e. The molecule has 9 heteroatoms. The number of rotatable bonds is 4. The van der Waals surface area contributed by atoms with E-state index in [4.69, 9.17) is 4.74 Å². The molecular weight excluding hydrogens is 404 g/mol. The lowest BCUT2D eigenvalue weighted by Gasteiger charge is -2.49. The van der Waals surface area contributed by atoms with Gasteiger partial charge in [0.15, 0.2) is 9.84 Å². The highest BCUT2D eigenvalue weighted by molar-refractivity contribution is 7.93. The summed E-state index contributed by atoms with van der Waals surface area (Å²) in [5.74, 6) is -0.231. The smallest absolute Gasteiger partial charge is 0.316 e. The Labute approximate surface area is 174 Å². The molecular formula is C21H22N4O4S. The number of benzene rings is 1. The van der Waals surface area contributed by atoms with Crippen molar-refractivity contribution in [3.8, 4) is 6.01 Å². The predicted octanol–water partition coefficient (Wildman–Crippen LogP) is 1.97. The maximum absolute atomic E-state index is 13.0. The molecule has 1 spiro atoms. The summed E-state index contributed by atoms with van der Waals surface area (Å²) in [5, 5.41) is 0.842. The Hall–Kier alpha value is -2.94. The highest BCUT2D eigenvalue weighted by Crippen LogP contribution is 2.45. The van der Waals surface area contributed by atoms with Gasteiger partial charge in [-0.3, -0.25) is 4.79 Å². The Morgan fingerprint density at radius 3 is 2.90 bits per heavy atom. The lowest BCUT2D eigenvalue weighted by Crippen LogP contribution is -2.68. The average Bonchev–Trinajstić information content (AvgIpc) is 3.23. The van der Waals surface area contributed by atoms with Crippen LogP contribution in [0.2, 0.25) is 0 Å². The van der Waals surface area contributed by atoms with Crippen molar-refractivity contribution in [3.05, 3.63) is 54.0 Å². The van der Waals surface area contributed by atoms with Gasteiger partial charge in [0.2, 0.25) is 0 Å². The van der Waals surface area contributed by atoms with Crippen LogP contribution in [0.4, 0.5) is 0 Å². The van der Waals surface area contributed by atoms with Crippen LogP contribution in [0.1, 0.15) is 22.5 Å². The minimum atomic E-state index is -3.31. The first kappa shape index (κ1) is 19.0. The van der Waals surface area contributed by atoms with Crippen molar-refractivity contribution >= 4 is 26.6 Å². The predicted molar refractivity (Wildman–Crippen MR) is 111 cm³/mol. The molecule has 1 aromatic carbocycles. The highest BCUT2D eigenvalue weighted by atomic mass is 32.2. The van der Waals surface area contributed by atoms with Gasteiger partial charge >= 0.3 is 6.01 Å². The molecule has 8 nitrogen and oxygen atoms in total. The molecule has 2 aliphatic heterocycles. The van der Waals surface area contributed by atoms with Crippen LogP contribution in [0.5, 0.6) is 6.01 Å². The summed E-state index contributed by atoms with van der Waals surface area (Å²) < 4.78 is 30.5. The summed E-state index contributed by atoms with van der Waals surface area (Å²) in [4.78, 5) is 26.1. The number of amides is 1. The Morgan fingerprint density at radius 1 is 1.30 bits per heavy atom. The summed E-state index contributed by atoms with van der Waals surface area (Å²) in [6, 6.07) is 9.60. The third kappa shape index (κ3) is 2.87. The molecule has 2 aromatic heterocycles. The van der Waals surface area contributed by atoms with Gasteiger partial charge in [-0.05, 0) is 25.5 Å². The first-order chi connectivity index (χ1) is 14.4. The highest BCUT2D eigenvalue weighted by Gasteiger charge is 2.62. The number of hydrogen-bond donors (Lipinski definition) is 1. The number of likely N-dealkylation sites (tertiary alicyclic amines) is 1. The molecule has 2 fully saturated rings. The molecule has 0 radical (unpaired) electrons. The standard InChI is InChI=1S/C21H22N4O4S/c1-14-6-8-22-20(24-14)29-11-15-7-9-30(27,28)21(15)12-25(13-21)19(26)17-10-23-18-5-3-2-4-16(17)18/h2-6,8,10,15,23H,7,9,11-13H2,1H3/t15-/m1/s1. The van der Waals surface area contributed by atoms with Gasteiger partial charge in [-0.1, -0.05) is 18.2 Å². The van der Waals surface area contributed by atoms with Crippen molar-refractivity contribution in [2.45, 2.75) is 18.1 Å². The SMILES string of the molecule is Cc1ccnc(OC[C@H]2CCS(=O)(=O)C23CN(C(=O)c2c[nH]c4ccccc24)C3)n1. The molecule has 5 rings (SSSR count). The number of aromatic amines is 1. The summed E-state index contributed by atoms with van der Waals surface area (Å²) in [5.41, 5.74) is 2.23. The molecule has 0 bridgehead atoms. The van der Waals surface area contributed by atoms with E-state index in [9.17, 15) is 13.2 Å². The molecule has 2 aliphatic rings. The van der Waals surface area contributed by atoms with E-state index in [0.717, 1.165) is 16.6 Å². The van der Waals surface area contributed by atoms with E-state index in [2.05, 4.69) is 15.0 Å². The fourth-order valence-electron chi connectivity index (χ4n) is 4.54. The molecule has 0 unspecified atom stereocenters. The lowest BCUT2D eigenvalue weighted by molar-refractivity contribution is 0.0405. The number of fused-ring (bicyclic) bond motifs is 1. The molecule has 1 atom stereocenters. The van der Waals surface area contributed by atoms with Crippen molar-refractivity contribution in [3.63, 3.8) is 0 Å². The van der Waals surface area contributed by atoms with Crippen LogP contribution in [-0.4, -0.2) is 64.4 Å². The van der Waals surface area contributed by atoms with Gasteiger partial charge in [0, 0.05) is 48.0 Å². The molecule has 0 aliphatic carbocycles. The van der Waals surface area contributed by atoms with Crippen molar-refractivity contribution < 1.29 is 17.9 Å². The zero-order valence-corrected chi connectivity index (χ0v) is 17.4. The van der Waals surface area contributed by atoms with Crippen LogP contribution in [0.3, 0.4) is 0 Å². The third-order valence-electron chi connectivity index (χ3n) is 6.31. The Kier molecular flexibility index (Phi) is 4.32. The van der Waals surface area contributed by atoms with Crippen LogP contribution < -0.4 is 4.74 Å². The fraction of sp³-hybridized carbons (Fsp3) is 0.381. The van der Waals surface area contributed by atoms with Crippen molar-refractivity contribution in [1.29, 1.82) is 0 Å². The van der Waals surface area contributed by atoms with E-state index in [-0.39, 0.29) is 43.3 Å². The first-order valence-corrected chi connectivity index (χ1v) is 11.5. The first-order valence-electron chi connectivity index (χ1n) is 9.90. The number of aryl methyl sites for hydroxylation is 1. The number of nitrogens with zero attached hydrogens (tertiary/aromatic N) is 3. The normalized spacial score (nSPS) is 21.6. The van der Waals surface area contributed by atoms with Crippen LogP contribution in [0.25, 0.3) is 10.9 Å². The Morgan fingerprint density at radius 2 is 2.10 bits per heavy atom. The maximum atomic E-state index is 13.0. The van der Waals surface area contributed by atoms with Gasteiger partial charge in [-0.25, -0.2) is 18.4 Å². The van der Waals surface area contributed by atoms with Crippen molar-refractivity contribution in [2.24, 2.45) is 5.92 Å². The summed E-state index contributed by atoms with van der Waals surface area (Å²) in [6.45, 7) is 2.45. The van der Waals surface area contributed by atoms with Crippen molar-refractivity contribution in [1.82, 2.24) is 19.9 Å². The Balaban J connectivity index is 1.33. The number of carbonyl (C=O) groups excluding carboxylic acids is 1. The van der Waals surface area contributed by atoms with Gasteiger partial charge in [0.1, 0.15) is 4.75 Å². The average molecular weight is 426 g/mol. The second kappa shape index (κ2) is 6.80. The van der Waals surface area contributed by atoms with Gasteiger partial charge in [-0.15, -0.1) is 0 Å². The molecule has 3 aromatic rings. The second-order valence-corrected chi connectivity index (χ2v) is 10.5. The van der Waals surface area contributed by atoms with E-state index < -0.39 is 14.6 Å². The molecule has 156 valence electrons. The van der Waals surface area contributed by atoms with Gasteiger partial charge in [0.25, 0.3) is 5.91 Å². The van der Waals surface area contributed by atoms with E-state index in [1.165, 1.54) is 0 Å². The molecule has 30 heavy (non-hydrogen) atoms. The molecule has 4 heterocycles. The third-order valence-corrected chi connectivity index (χ3v) is 8.91. The number of sulfone groups is 1. The molecule has 2 saturated heterocycles. The van der Waals surface area contributed by atoms with Crippen LogP contribution in [0.15, 0.2) is 42.7 Å². The number of hydrogen-bond acceptors (Lipinski definition) is 6. The topological polar surface area (TPSA) is 105 Å². The van der Waals surface area contributed by atoms with Gasteiger partial charge in [0.05, 0.1) is 17.9 Å². The van der Waals surface area contributed by atoms with Crippen LogP contribution >= 0.6 is 0 Å². The maximum Gasteiger partial charge on any atom is 0.316 e. The van der Waals surface area contributed by atoms with Gasteiger partial charge < -0.3 is 14.6 Å². The van der Waals surface area contributed by atoms with Gasteiger partial charge in [-0.2, -0.15) is 0 Å². The number of nitrogens with one attached hydrogen (secondary N) is 1. The number of H-pyrrole nitrogens is 1. The van der Waals surface area contributed by atoms with E-state index >= 15 is 0 Å². The van der Waals surface area contributed by atoms with Crippen LogP contribution in [0, 0.1) is 12.8 Å². The summed E-state index contributed by atoms with van der Waals surface area (Å²) in [7, 11) is -3.31. The van der Waals surface area contributed by atoms with Crippen molar-refractivity contribution in [2.75, 3.05) is 25.4 Å². The number of ether oxygens (including phenoxy) is 1. The molecule has 1 amide bonds. The number of carbonyl (C=O) groups is 1. The quantitative estimate of drug-likeness (QED) is 0.684. The van der Waals surface area contributed by atoms with E-state index in [1.54, 1.807) is 23.4 Å². The minimum absolute atomic E-state index is 0.116. The fourth-order valence-corrected chi connectivity index (χ4v) is 6.94. The zero-order chi connectivity index (χ0) is 20.9. The monoisotopic (exact) mass is 426 g/mol. The van der Waals surface area contributed by atoms with E-state index in [0.29, 0.717) is 12.0 Å². The van der Waals surface area contributed by atoms with E-state index in [1.807, 2.05) is 31.2 Å². The Bertz CT molecular complexity index is 1230. The second-order valence-electron chi connectivity index (χ2n) is 8.07. The zero-order valence-electron chi connectivity index (χ0n) is 16.5. The summed E-state index contributed by atoms with van der Waals surface area (Å²) in [6.07, 6.45) is 3.82.